The number of carbonyl (C=O) groups excluding carboxylic acids is 2. The molecule has 0 spiro atoms. The molecule has 11 heteroatoms. The number of nitrogens with zero attached hydrogens (tertiary/aromatic N) is 3. The number of rotatable bonds is 6. The minimum atomic E-state index is -0.576. The molecule has 2 heterocycles. The number of hydrogen-bond donors (Lipinski definition) is 2. The number of amides is 1. The molecule has 0 fully saturated rings. The van der Waals surface area contributed by atoms with Crippen molar-refractivity contribution in [3.63, 3.8) is 0 Å². The van der Waals surface area contributed by atoms with Gasteiger partial charge in [-0.25, -0.2) is 24.1 Å². The topological polar surface area (TPSA) is 106 Å². The number of hydrogen-bond acceptors (Lipinski definition) is 8. The summed E-state index contributed by atoms with van der Waals surface area (Å²) in [6, 6.07) is 3.87. The summed E-state index contributed by atoms with van der Waals surface area (Å²) in [6.45, 7) is 5.35. The zero-order valence-electron chi connectivity index (χ0n) is 16.2. The van der Waals surface area contributed by atoms with Crippen LogP contribution in [0.2, 0.25) is 5.02 Å². The van der Waals surface area contributed by atoms with Gasteiger partial charge in [0.2, 0.25) is 5.95 Å². The summed E-state index contributed by atoms with van der Waals surface area (Å²) in [6.07, 6.45) is 1.36. The maximum Gasteiger partial charge on any atom is 0.350 e. The molecule has 2 aromatic heterocycles. The van der Waals surface area contributed by atoms with Crippen molar-refractivity contribution >= 4 is 51.6 Å². The number of carbonyl (C=O) groups is 2. The van der Waals surface area contributed by atoms with Crippen LogP contribution in [0.25, 0.3) is 0 Å². The molecule has 1 aromatic carbocycles. The van der Waals surface area contributed by atoms with Crippen molar-refractivity contribution in [2.24, 2.45) is 0 Å². The fourth-order valence-electron chi connectivity index (χ4n) is 2.45. The van der Waals surface area contributed by atoms with Gasteiger partial charge in [-0.15, -0.1) is 0 Å². The minimum Gasteiger partial charge on any atom is -0.462 e. The van der Waals surface area contributed by atoms with Gasteiger partial charge in [0.1, 0.15) is 10.7 Å². The van der Waals surface area contributed by atoms with Crippen LogP contribution in [0.5, 0.6) is 0 Å². The van der Waals surface area contributed by atoms with Gasteiger partial charge in [-0.3, -0.25) is 4.79 Å². The van der Waals surface area contributed by atoms with Gasteiger partial charge < -0.3 is 15.4 Å². The van der Waals surface area contributed by atoms with E-state index in [1.54, 1.807) is 20.8 Å². The molecular weight excluding hydrogens is 433 g/mol. The maximum atomic E-state index is 13.3. The average Bonchev–Trinajstić information content (AvgIpc) is 3.05. The highest BCUT2D eigenvalue weighted by atomic mass is 35.5. The van der Waals surface area contributed by atoms with Gasteiger partial charge in [0, 0.05) is 11.9 Å². The van der Waals surface area contributed by atoms with E-state index in [2.05, 4.69) is 25.6 Å². The molecule has 3 aromatic rings. The average molecular weight is 450 g/mol. The fourth-order valence-corrected chi connectivity index (χ4v) is 3.49. The zero-order valence-corrected chi connectivity index (χ0v) is 17.8. The van der Waals surface area contributed by atoms with Crippen molar-refractivity contribution in [1.82, 2.24) is 15.0 Å². The summed E-state index contributed by atoms with van der Waals surface area (Å²) in [7, 11) is 0. The lowest BCUT2D eigenvalue weighted by atomic mass is 10.2. The molecule has 1 amide bonds. The third-order valence-electron chi connectivity index (χ3n) is 3.88. The molecule has 0 unspecified atom stereocenters. The smallest absolute Gasteiger partial charge is 0.350 e. The molecule has 156 valence electrons. The molecule has 0 aliphatic rings. The fraction of sp³-hybridized carbons (Fsp3) is 0.211. The Kier molecular flexibility index (Phi) is 6.58. The molecular formula is C19H17ClFN5O3S. The van der Waals surface area contributed by atoms with Crippen LogP contribution in [0.1, 0.15) is 38.3 Å². The van der Waals surface area contributed by atoms with Gasteiger partial charge in [0.05, 0.1) is 28.6 Å². The van der Waals surface area contributed by atoms with Crippen molar-refractivity contribution in [3.05, 3.63) is 57.1 Å². The highest BCUT2D eigenvalue weighted by molar-refractivity contribution is 7.17. The highest BCUT2D eigenvalue weighted by Crippen LogP contribution is 2.26. The SMILES string of the molecule is CCOC(=O)c1sc(Nc2ncc(C(=O)Nc3ccc(F)c(Cl)c3)c(C)n2)nc1C. The van der Waals surface area contributed by atoms with Gasteiger partial charge in [-0.1, -0.05) is 22.9 Å². The Hall–Kier alpha value is -3.11. The predicted molar refractivity (Wildman–Crippen MR) is 112 cm³/mol. The predicted octanol–water partition coefficient (Wildman–Crippen LogP) is 4.52. The van der Waals surface area contributed by atoms with E-state index < -0.39 is 17.7 Å². The van der Waals surface area contributed by atoms with Crippen LogP contribution in [0.4, 0.5) is 21.2 Å². The first-order valence-electron chi connectivity index (χ1n) is 8.80. The standard InChI is InChI=1S/C19H17ClFN5O3S/c1-4-29-17(28)15-10(3)24-19(30-15)26-18-22-8-12(9(2)23-18)16(27)25-11-5-6-14(21)13(20)7-11/h5-8H,4H2,1-3H3,(H,25,27)(H,22,23,24,26). The van der Waals surface area contributed by atoms with Crippen LogP contribution in [0.3, 0.4) is 0 Å². The number of aryl methyl sites for hydroxylation is 2. The van der Waals surface area contributed by atoms with Gasteiger partial charge in [-0.05, 0) is 39.0 Å². The molecule has 0 saturated heterocycles. The molecule has 0 bridgehead atoms. The third-order valence-corrected chi connectivity index (χ3v) is 5.22. The van der Waals surface area contributed by atoms with Crippen LogP contribution in [-0.2, 0) is 4.74 Å². The Morgan fingerprint density at radius 1 is 1.23 bits per heavy atom. The van der Waals surface area contributed by atoms with Crippen LogP contribution >= 0.6 is 22.9 Å². The number of ether oxygens (including phenoxy) is 1. The first-order chi connectivity index (χ1) is 14.3. The lowest BCUT2D eigenvalue weighted by Crippen LogP contribution is -2.15. The van der Waals surface area contributed by atoms with Crippen molar-refractivity contribution in [1.29, 1.82) is 0 Å². The molecule has 2 N–H and O–H groups in total. The van der Waals surface area contributed by atoms with Crippen molar-refractivity contribution < 1.29 is 18.7 Å². The van der Waals surface area contributed by atoms with Crippen molar-refractivity contribution in [3.8, 4) is 0 Å². The number of halogens is 2. The number of esters is 1. The van der Waals surface area contributed by atoms with Crippen LogP contribution in [-0.4, -0.2) is 33.4 Å². The van der Waals surface area contributed by atoms with Gasteiger partial charge in [0.25, 0.3) is 5.91 Å². The lowest BCUT2D eigenvalue weighted by molar-refractivity contribution is 0.0531. The van der Waals surface area contributed by atoms with Gasteiger partial charge in [-0.2, -0.15) is 0 Å². The normalized spacial score (nSPS) is 10.6. The quantitative estimate of drug-likeness (QED) is 0.533. The number of benzene rings is 1. The molecule has 3 rings (SSSR count). The number of nitrogens with one attached hydrogen (secondary N) is 2. The van der Waals surface area contributed by atoms with Crippen LogP contribution in [0, 0.1) is 19.7 Å². The van der Waals surface area contributed by atoms with E-state index in [-0.39, 0.29) is 23.1 Å². The largest absolute Gasteiger partial charge is 0.462 e. The minimum absolute atomic E-state index is 0.0961. The molecule has 0 aliphatic carbocycles. The zero-order chi connectivity index (χ0) is 21.8. The van der Waals surface area contributed by atoms with Gasteiger partial charge in [0.15, 0.2) is 5.13 Å². The highest BCUT2D eigenvalue weighted by Gasteiger charge is 2.18. The molecule has 8 nitrogen and oxygen atoms in total. The Balaban J connectivity index is 1.73. The molecule has 30 heavy (non-hydrogen) atoms. The molecule has 0 aliphatic heterocycles. The summed E-state index contributed by atoms with van der Waals surface area (Å²) >= 11 is 6.85. The summed E-state index contributed by atoms with van der Waals surface area (Å²) < 4.78 is 18.2. The molecule has 0 radical (unpaired) electrons. The van der Waals surface area contributed by atoms with Gasteiger partial charge >= 0.3 is 5.97 Å². The van der Waals surface area contributed by atoms with Crippen molar-refractivity contribution in [2.45, 2.75) is 20.8 Å². The first kappa shape index (κ1) is 21.6. The molecule has 0 atom stereocenters. The van der Waals surface area contributed by atoms with Crippen molar-refractivity contribution in [2.75, 3.05) is 17.2 Å². The Bertz CT molecular complexity index is 1120. The van der Waals surface area contributed by atoms with E-state index in [0.29, 0.717) is 27.1 Å². The van der Waals surface area contributed by atoms with Crippen LogP contribution < -0.4 is 10.6 Å². The third kappa shape index (κ3) is 4.89. The second kappa shape index (κ2) is 9.14. The maximum absolute atomic E-state index is 13.3. The van der Waals surface area contributed by atoms with Crippen LogP contribution in [0.15, 0.2) is 24.4 Å². The summed E-state index contributed by atoms with van der Waals surface area (Å²) in [5.41, 5.74) is 1.53. The monoisotopic (exact) mass is 449 g/mol. The summed E-state index contributed by atoms with van der Waals surface area (Å²) in [5, 5.41) is 5.87. The second-order valence-corrected chi connectivity index (χ2v) is 7.46. The Labute approximate surface area is 180 Å². The number of anilines is 3. The number of thiazole rings is 1. The second-order valence-electron chi connectivity index (χ2n) is 6.05. The Morgan fingerprint density at radius 3 is 2.67 bits per heavy atom. The van der Waals surface area contributed by atoms with E-state index in [0.717, 1.165) is 17.4 Å². The van der Waals surface area contributed by atoms with E-state index in [1.165, 1.54) is 18.3 Å². The Morgan fingerprint density at radius 2 is 2.00 bits per heavy atom. The van der Waals surface area contributed by atoms with E-state index in [4.69, 9.17) is 16.3 Å². The summed E-state index contributed by atoms with van der Waals surface area (Å²) in [4.78, 5) is 37.4. The van der Waals surface area contributed by atoms with E-state index in [1.807, 2.05) is 0 Å². The van der Waals surface area contributed by atoms with E-state index >= 15 is 0 Å². The first-order valence-corrected chi connectivity index (χ1v) is 9.99. The molecule has 0 saturated carbocycles. The lowest BCUT2D eigenvalue weighted by Gasteiger charge is -2.09. The van der Waals surface area contributed by atoms with E-state index in [9.17, 15) is 14.0 Å². The summed E-state index contributed by atoms with van der Waals surface area (Å²) in [5.74, 6) is -1.26. The number of aromatic nitrogens is 3.